The van der Waals surface area contributed by atoms with Crippen LogP contribution in [0.5, 0.6) is 0 Å². The molecule has 0 aliphatic carbocycles. The maximum absolute atomic E-state index is 5.78. The molecular weight excluding hydrogens is 204 g/mol. The fourth-order valence-electron chi connectivity index (χ4n) is 2.10. The lowest BCUT2D eigenvalue weighted by Gasteiger charge is -2.38. The summed E-state index contributed by atoms with van der Waals surface area (Å²) in [6.45, 7) is 8.04. The minimum Gasteiger partial charge on any atom is -0.393 e. The van der Waals surface area contributed by atoms with Crippen molar-refractivity contribution in [3.63, 3.8) is 0 Å². The largest absolute Gasteiger partial charge is 0.393 e. The van der Waals surface area contributed by atoms with E-state index in [2.05, 4.69) is 18.7 Å². The van der Waals surface area contributed by atoms with Crippen molar-refractivity contribution in [3.05, 3.63) is 0 Å². The molecule has 2 N–H and O–H groups in total. The number of hydrogen-bond acceptors (Lipinski definition) is 2. The molecule has 1 rings (SSSR count). The molecule has 0 aromatic heterocycles. The molecule has 1 aliphatic heterocycles. The minimum absolute atomic E-state index is 0.122. The van der Waals surface area contributed by atoms with E-state index in [4.69, 9.17) is 18.0 Å². The highest BCUT2D eigenvalue weighted by atomic mass is 32.1. The molecule has 3 heteroatoms. The highest BCUT2D eigenvalue weighted by Gasteiger charge is 2.32. The normalized spacial score (nSPS) is 21.5. The van der Waals surface area contributed by atoms with Crippen molar-refractivity contribution in [2.75, 3.05) is 19.6 Å². The van der Waals surface area contributed by atoms with Gasteiger partial charge in [-0.2, -0.15) is 0 Å². The summed E-state index contributed by atoms with van der Waals surface area (Å²) in [7, 11) is 0. The lowest BCUT2D eigenvalue weighted by atomic mass is 9.80. The monoisotopic (exact) mass is 228 g/mol. The van der Waals surface area contributed by atoms with Gasteiger partial charge in [-0.3, -0.25) is 0 Å². The Balaban J connectivity index is 2.26. The topological polar surface area (TPSA) is 29.3 Å². The molecule has 0 saturated carbocycles. The Labute approximate surface area is 99.2 Å². The Morgan fingerprint density at radius 1 is 1.33 bits per heavy atom. The van der Waals surface area contributed by atoms with Crippen LogP contribution in [0.2, 0.25) is 0 Å². The third-order valence-corrected chi connectivity index (χ3v) is 4.13. The van der Waals surface area contributed by atoms with Gasteiger partial charge in [-0.1, -0.05) is 38.9 Å². The highest BCUT2D eigenvalue weighted by Crippen LogP contribution is 2.31. The number of nitrogens with two attached hydrogens (primary N) is 1. The van der Waals surface area contributed by atoms with Gasteiger partial charge in [0.1, 0.15) is 0 Å². The Morgan fingerprint density at radius 2 is 1.93 bits per heavy atom. The van der Waals surface area contributed by atoms with Gasteiger partial charge in [0.05, 0.1) is 4.99 Å². The highest BCUT2D eigenvalue weighted by molar-refractivity contribution is 7.80. The van der Waals surface area contributed by atoms with Crippen molar-refractivity contribution < 1.29 is 0 Å². The molecule has 0 radical (unpaired) electrons. The molecule has 2 nitrogen and oxygen atoms in total. The molecular formula is C12H24N2S. The fraction of sp³-hybridized carbons (Fsp3) is 0.917. The molecule has 0 amide bonds. The lowest BCUT2D eigenvalue weighted by Crippen LogP contribution is -2.44. The summed E-state index contributed by atoms with van der Waals surface area (Å²) >= 11 is 5.13. The molecule has 0 bridgehead atoms. The van der Waals surface area contributed by atoms with Crippen LogP contribution < -0.4 is 5.73 Å². The van der Waals surface area contributed by atoms with E-state index in [1.54, 1.807) is 0 Å². The van der Waals surface area contributed by atoms with Crippen LogP contribution in [0, 0.1) is 5.41 Å². The lowest BCUT2D eigenvalue weighted by molar-refractivity contribution is 0.162. The zero-order valence-electron chi connectivity index (χ0n) is 10.1. The van der Waals surface area contributed by atoms with Crippen LogP contribution in [0.25, 0.3) is 0 Å². The minimum atomic E-state index is 0.122. The first-order valence-electron chi connectivity index (χ1n) is 6.11. The number of thiocarbonyl (C=S) groups is 1. The molecule has 0 aromatic rings. The average molecular weight is 228 g/mol. The van der Waals surface area contributed by atoms with Gasteiger partial charge in [-0.15, -0.1) is 0 Å². The number of hydrogen-bond donors (Lipinski definition) is 1. The second-order valence-corrected chi connectivity index (χ2v) is 5.41. The van der Waals surface area contributed by atoms with Gasteiger partial charge in [0.25, 0.3) is 0 Å². The summed E-state index contributed by atoms with van der Waals surface area (Å²) in [6, 6.07) is 0. The first-order chi connectivity index (χ1) is 7.08. The van der Waals surface area contributed by atoms with Gasteiger partial charge in [-0.25, -0.2) is 0 Å². The van der Waals surface area contributed by atoms with Crippen LogP contribution in [-0.4, -0.2) is 29.5 Å². The summed E-state index contributed by atoms with van der Waals surface area (Å²) in [5.41, 5.74) is 5.90. The van der Waals surface area contributed by atoms with E-state index in [0.29, 0.717) is 4.99 Å². The van der Waals surface area contributed by atoms with E-state index in [9.17, 15) is 0 Å². The van der Waals surface area contributed by atoms with Crippen molar-refractivity contribution in [1.82, 2.24) is 4.90 Å². The molecule has 0 unspecified atom stereocenters. The molecule has 0 atom stereocenters. The van der Waals surface area contributed by atoms with E-state index in [1.165, 1.54) is 25.8 Å². The molecule has 1 fully saturated rings. The molecule has 1 saturated heterocycles. The third kappa shape index (κ3) is 3.72. The Kier molecular flexibility index (Phi) is 5.00. The number of nitrogens with zero attached hydrogens (tertiary/aromatic N) is 1. The Bertz CT molecular complexity index is 208. The number of rotatable bonds is 5. The van der Waals surface area contributed by atoms with Crippen LogP contribution in [0.4, 0.5) is 0 Å². The van der Waals surface area contributed by atoms with Crippen molar-refractivity contribution in [2.45, 2.75) is 46.0 Å². The van der Waals surface area contributed by atoms with E-state index >= 15 is 0 Å². The Hall–Kier alpha value is -0.150. The smallest absolute Gasteiger partial charge is 0.0788 e. The van der Waals surface area contributed by atoms with E-state index < -0.39 is 0 Å². The predicted octanol–water partition coefficient (Wildman–Crippen LogP) is 2.56. The Morgan fingerprint density at radius 3 is 2.40 bits per heavy atom. The van der Waals surface area contributed by atoms with Gasteiger partial charge in [-0.05, 0) is 38.9 Å². The fourth-order valence-corrected chi connectivity index (χ4v) is 2.31. The summed E-state index contributed by atoms with van der Waals surface area (Å²) in [5, 5.41) is 0. The SMILES string of the molecule is CCCCCN1CCC(C)(C(N)=S)CC1. The summed E-state index contributed by atoms with van der Waals surface area (Å²) in [5.74, 6) is 0. The predicted molar refractivity (Wildman–Crippen MR) is 70.1 cm³/mol. The van der Waals surface area contributed by atoms with Gasteiger partial charge in [0.2, 0.25) is 0 Å². The van der Waals surface area contributed by atoms with Gasteiger partial charge in [0, 0.05) is 5.41 Å². The van der Waals surface area contributed by atoms with Crippen LogP contribution in [0.1, 0.15) is 46.0 Å². The standard InChI is InChI=1S/C12H24N2S/c1-3-4-5-8-14-9-6-12(2,7-10-14)11(13)15/h3-10H2,1-2H3,(H2,13,15). The van der Waals surface area contributed by atoms with Crippen molar-refractivity contribution in [2.24, 2.45) is 11.1 Å². The first kappa shape index (κ1) is 12.9. The van der Waals surface area contributed by atoms with Crippen LogP contribution >= 0.6 is 12.2 Å². The molecule has 1 aliphatic rings. The second kappa shape index (κ2) is 5.80. The van der Waals surface area contributed by atoms with E-state index in [0.717, 1.165) is 25.9 Å². The average Bonchev–Trinajstić information content (AvgIpc) is 2.21. The van der Waals surface area contributed by atoms with Gasteiger partial charge < -0.3 is 10.6 Å². The maximum atomic E-state index is 5.78. The van der Waals surface area contributed by atoms with Crippen molar-refractivity contribution in [3.8, 4) is 0 Å². The zero-order chi connectivity index (χ0) is 11.3. The van der Waals surface area contributed by atoms with Crippen LogP contribution in [-0.2, 0) is 0 Å². The summed E-state index contributed by atoms with van der Waals surface area (Å²) in [6.07, 6.45) is 6.25. The number of piperidine rings is 1. The van der Waals surface area contributed by atoms with Crippen molar-refractivity contribution >= 4 is 17.2 Å². The summed E-state index contributed by atoms with van der Waals surface area (Å²) in [4.78, 5) is 3.26. The molecule has 88 valence electrons. The number of likely N-dealkylation sites (tertiary alicyclic amines) is 1. The molecule has 1 heterocycles. The van der Waals surface area contributed by atoms with Gasteiger partial charge in [0.15, 0.2) is 0 Å². The van der Waals surface area contributed by atoms with Crippen molar-refractivity contribution in [1.29, 1.82) is 0 Å². The summed E-state index contributed by atoms with van der Waals surface area (Å²) < 4.78 is 0. The second-order valence-electron chi connectivity index (χ2n) is 4.97. The quantitative estimate of drug-likeness (QED) is 0.579. The van der Waals surface area contributed by atoms with Gasteiger partial charge >= 0.3 is 0 Å². The van der Waals surface area contributed by atoms with E-state index in [1.807, 2.05) is 0 Å². The zero-order valence-corrected chi connectivity index (χ0v) is 10.9. The van der Waals surface area contributed by atoms with Crippen LogP contribution in [0.3, 0.4) is 0 Å². The molecule has 0 spiro atoms. The number of unbranched alkanes of at least 4 members (excludes halogenated alkanes) is 2. The first-order valence-corrected chi connectivity index (χ1v) is 6.51. The third-order valence-electron chi connectivity index (χ3n) is 3.63. The molecule has 15 heavy (non-hydrogen) atoms. The molecule has 0 aromatic carbocycles. The van der Waals surface area contributed by atoms with Crippen LogP contribution in [0.15, 0.2) is 0 Å². The maximum Gasteiger partial charge on any atom is 0.0788 e. The van der Waals surface area contributed by atoms with E-state index in [-0.39, 0.29) is 5.41 Å².